The second kappa shape index (κ2) is 8.95. The van der Waals surface area contributed by atoms with Crippen LogP contribution in [0.4, 0.5) is 0 Å². The zero-order valence-corrected chi connectivity index (χ0v) is 10.2. The van der Waals surface area contributed by atoms with Gasteiger partial charge in [0.15, 0.2) is 0 Å². The van der Waals surface area contributed by atoms with Gasteiger partial charge < -0.3 is 10.1 Å². The third kappa shape index (κ3) is 7.04. The number of nitrogens with one attached hydrogen (secondary N) is 1. The number of carbonyl (C=O) groups excluding carboxylic acids is 2. The Kier molecular flexibility index (Phi) is 8.21. The minimum atomic E-state index is -0.598. The third-order valence-corrected chi connectivity index (χ3v) is 2.23. The van der Waals surface area contributed by atoms with E-state index in [0.29, 0.717) is 6.42 Å². The van der Waals surface area contributed by atoms with E-state index in [9.17, 15) is 9.59 Å². The molecule has 0 saturated heterocycles. The first-order valence-corrected chi connectivity index (χ1v) is 5.68. The predicted octanol–water partition coefficient (Wildman–Crippen LogP) is 2.15. The maximum atomic E-state index is 11.3. The Balaban J connectivity index is 3.59. The number of unbranched alkanes of at least 4 members (excludes halogenated alkanes) is 4. The Bertz CT molecular complexity index is 249. The van der Waals surface area contributed by atoms with Crippen LogP contribution in [-0.2, 0) is 14.3 Å². The van der Waals surface area contributed by atoms with Gasteiger partial charge in [-0.2, -0.15) is 0 Å². The number of methoxy groups -OCH3 is 1. The number of hydrogen-bond acceptors (Lipinski definition) is 3. The Morgan fingerprint density at radius 2 is 1.81 bits per heavy atom. The van der Waals surface area contributed by atoms with Crippen LogP contribution in [-0.4, -0.2) is 19.0 Å². The summed E-state index contributed by atoms with van der Waals surface area (Å²) < 4.78 is 4.42. The monoisotopic (exact) mass is 227 g/mol. The Hall–Kier alpha value is -1.32. The van der Waals surface area contributed by atoms with Crippen molar-refractivity contribution in [1.29, 1.82) is 0 Å². The van der Waals surface area contributed by atoms with Gasteiger partial charge in [0.2, 0.25) is 5.91 Å². The van der Waals surface area contributed by atoms with E-state index < -0.39 is 5.97 Å². The van der Waals surface area contributed by atoms with Crippen LogP contribution in [0.2, 0.25) is 0 Å². The molecule has 0 aliphatic heterocycles. The number of esters is 1. The van der Waals surface area contributed by atoms with Crippen molar-refractivity contribution in [2.24, 2.45) is 0 Å². The lowest BCUT2D eigenvalue weighted by Crippen LogP contribution is -2.27. The van der Waals surface area contributed by atoms with Crippen LogP contribution in [0.15, 0.2) is 12.3 Å². The van der Waals surface area contributed by atoms with Crippen LogP contribution in [0.5, 0.6) is 0 Å². The van der Waals surface area contributed by atoms with Gasteiger partial charge in [0, 0.05) is 6.42 Å². The predicted molar refractivity (Wildman–Crippen MR) is 62.7 cm³/mol. The van der Waals surface area contributed by atoms with E-state index in [0.717, 1.165) is 19.3 Å². The summed E-state index contributed by atoms with van der Waals surface area (Å²) in [7, 11) is 1.25. The van der Waals surface area contributed by atoms with Crippen LogP contribution in [0, 0.1) is 0 Å². The Morgan fingerprint density at radius 3 is 2.38 bits per heavy atom. The smallest absolute Gasteiger partial charge is 0.353 e. The quantitative estimate of drug-likeness (QED) is 0.393. The van der Waals surface area contributed by atoms with Crippen molar-refractivity contribution in [3.05, 3.63) is 12.3 Å². The van der Waals surface area contributed by atoms with E-state index in [4.69, 9.17) is 0 Å². The summed E-state index contributed by atoms with van der Waals surface area (Å²) in [5.41, 5.74) is 0.000980. The molecule has 0 fully saturated rings. The molecule has 4 heteroatoms. The molecule has 0 aromatic rings. The summed E-state index contributed by atoms with van der Waals surface area (Å²) in [6.07, 6.45) is 5.87. The standard InChI is InChI=1S/C12H21NO3/c1-4-5-6-7-8-9-11(14)13-10(2)12(15)16-3/h2,4-9H2,1,3H3,(H,13,14). The second-order valence-electron chi connectivity index (χ2n) is 3.68. The zero-order valence-electron chi connectivity index (χ0n) is 10.2. The number of carbonyl (C=O) groups is 2. The van der Waals surface area contributed by atoms with Crippen molar-refractivity contribution in [3.8, 4) is 0 Å². The van der Waals surface area contributed by atoms with Crippen molar-refractivity contribution in [2.45, 2.75) is 45.4 Å². The largest absolute Gasteiger partial charge is 0.464 e. The molecule has 0 unspecified atom stereocenters. The number of rotatable bonds is 8. The Morgan fingerprint density at radius 1 is 1.19 bits per heavy atom. The first kappa shape index (κ1) is 14.7. The lowest BCUT2D eigenvalue weighted by Gasteiger charge is -2.05. The van der Waals surface area contributed by atoms with E-state index in [2.05, 4.69) is 23.6 Å². The topological polar surface area (TPSA) is 55.4 Å². The van der Waals surface area contributed by atoms with Gasteiger partial charge in [0.1, 0.15) is 5.70 Å². The van der Waals surface area contributed by atoms with Gasteiger partial charge in [-0.3, -0.25) is 4.79 Å². The number of hydrogen-bond donors (Lipinski definition) is 1. The van der Waals surface area contributed by atoms with E-state index in [1.54, 1.807) is 0 Å². The lowest BCUT2D eigenvalue weighted by molar-refractivity contribution is -0.137. The molecule has 0 heterocycles. The average molecular weight is 227 g/mol. The molecule has 0 aromatic carbocycles. The molecule has 0 spiro atoms. The van der Waals surface area contributed by atoms with Gasteiger partial charge in [-0.05, 0) is 6.42 Å². The van der Waals surface area contributed by atoms with Gasteiger partial charge in [0.05, 0.1) is 7.11 Å². The molecule has 0 aliphatic carbocycles. The highest BCUT2D eigenvalue weighted by Gasteiger charge is 2.09. The van der Waals surface area contributed by atoms with Crippen LogP contribution in [0.25, 0.3) is 0 Å². The maximum absolute atomic E-state index is 11.3. The number of ether oxygens (including phenoxy) is 1. The minimum Gasteiger partial charge on any atom is -0.464 e. The fourth-order valence-corrected chi connectivity index (χ4v) is 1.29. The van der Waals surface area contributed by atoms with E-state index >= 15 is 0 Å². The summed E-state index contributed by atoms with van der Waals surface area (Å²) in [6, 6.07) is 0. The summed E-state index contributed by atoms with van der Waals surface area (Å²) in [4.78, 5) is 22.3. The van der Waals surface area contributed by atoms with Crippen molar-refractivity contribution in [1.82, 2.24) is 5.32 Å². The normalized spacial score (nSPS) is 9.62. The molecule has 92 valence electrons. The van der Waals surface area contributed by atoms with E-state index in [-0.39, 0.29) is 11.6 Å². The average Bonchev–Trinajstić information content (AvgIpc) is 2.27. The maximum Gasteiger partial charge on any atom is 0.353 e. The van der Waals surface area contributed by atoms with Crippen LogP contribution >= 0.6 is 0 Å². The van der Waals surface area contributed by atoms with Gasteiger partial charge in [-0.25, -0.2) is 4.79 Å². The zero-order chi connectivity index (χ0) is 12.4. The van der Waals surface area contributed by atoms with Gasteiger partial charge >= 0.3 is 5.97 Å². The summed E-state index contributed by atoms with van der Waals surface area (Å²) in [5, 5.41) is 2.41. The van der Waals surface area contributed by atoms with Gasteiger partial charge in [0.25, 0.3) is 0 Å². The molecule has 1 N–H and O–H groups in total. The summed E-state index contributed by atoms with van der Waals surface area (Å²) in [5.74, 6) is -0.772. The summed E-state index contributed by atoms with van der Waals surface area (Å²) >= 11 is 0. The molecule has 0 rings (SSSR count). The second-order valence-corrected chi connectivity index (χ2v) is 3.68. The van der Waals surface area contributed by atoms with Crippen LogP contribution in [0.1, 0.15) is 45.4 Å². The highest BCUT2D eigenvalue weighted by molar-refractivity contribution is 5.93. The lowest BCUT2D eigenvalue weighted by atomic mass is 10.1. The molecule has 0 atom stereocenters. The molecule has 1 amide bonds. The molecular weight excluding hydrogens is 206 g/mol. The van der Waals surface area contributed by atoms with Gasteiger partial charge in [-0.1, -0.05) is 39.2 Å². The highest BCUT2D eigenvalue weighted by Crippen LogP contribution is 2.05. The molecule has 16 heavy (non-hydrogen) atoms. The van der Waals surface area contributed by atoms with E-state index in [1.807, 2.05) is 0 Å². The minimum absolute atomic E-state index is 0.000980. The van der Waals surface area contributed by atoms with Crippen LogP contribution < -0.4 is 5.32 Å². The van der Waals surface area contributed by atoms with Crippen molar-refractivity contribution in [2.75, 3.05) is 7.11 Å². The SMILES string of the molecule is C=C(NC(=O)CCCCCCC)C(=O)OC. The molecule has 4 nitrogen and oxygen atoms in total. The molecule has 0 saturated carbocycles. The first-order chi connectivity index (χ1) is 7.61. The molecular formula is C12H21NO3. The molecule has 0 bridgehead atoms. The van der Waals surface area contributed by atoms with Gasteiger partial charge in [-0.15, -0.1) is 0 Å². The van der Waals surface area contributed by atoms with Crippen molar-refractivity contribution >= 4 is 11.9 Å². The summed E-state index contributed by atoms with van der Waals surface area (Å²) in [6.45, 7) is 5.56. The Labute approximate surface area is 97.1 Å². The fourth-order valence-electron chi connectivity index (χ4n) is 1.29. The third-order valence-electron chi connectivity index (χ3n) is 2.23. The molecule has 0 aliphatic rings. The van der Waals surface area contributed by atoms with Crippen molar-refractivity contribution < 1.29 is 14.3 Å². The molecule has 0 radical (unpaired) electrons. The van der Waals surface area contributed by atoms with Crippen LogP contribution in [0.3, 0.4) is 0 Å². The number of amides is 1. The highest BCUT2D eigenvalue weighted by atomic mass is 16.5. The fraction of sp³-hybridized carbons (Fsp3) is 0.667. The van der Waals surface area contributed by atoms with E-state index in [1.165, 1.54) is 20.0 Å². The van der Waals surface area contributed by atoms with Crippen molar-refractivity contribution in [3.63, 3.8) is 0 Å². The molecule has 0 aromatic heterocycles. The first-order valence-electron chi connectivity index (χ1n) is 5.68.